The highest BCUT2D eigenvalue weighted by Gasteiger charge is 2.10. The Balaban J connectivity index is 2.46. The van der Waals surface area contributed by atoms with Crippen molar-refractivity contribution in [2.24, 2.45) is 0 Å². The number of rotatable bonds is 8. The van der Waals surface area contributed by atoms with E-state index in [1.807, 2.05) is 17.9 Å². The molecule has 0 aliphatic rings. The van der Waals surface area contributed by atoms with Gasteiger partial charge in [-0.15, -0.1) is 0 Å². The summed E-state index contributed by atoms with van der Waals surface area (Å²) in [6, 6.07) is 8.82. The normalized spacial score (nSPS) is 10.1. The van der Waals surface area contributed by atoms with Gasteiger partial charge in [-0.2, -0.15) is 5.26 Å². The summed E-state index contributed by atoms with van der Waals surface area (Å²) in [4.78, 5) is 24.3. The monoisotopic (exact) mass is 289 g/mol. The van der Waals surface area contributed by atoms with E-state index in [2.05, 4.69) is 5.32 Å². The van der Waals surface area contributed by atoms with Gasteiger partial charge in [-0.05, 0) is 18.7 Å². The minimum absolute atomic E-state index is 0.0622. The number of nitrogens with one attached hydrogen (secondary N) is 1. The molecule has 0 aliphatic carbocycles. The molecule has 0 bridgehead atoms. The molecule has 6 nitrogen and oxygen atoms in total. The van der Waals surface area contributed by atoms with Gasteiger partial charge < -0.3 is 15.3 Å². The molecule has 1 aromatic carbocycles. The summed E-state index contributed by atoms with van der Waals surface area (Å²) in [5, 5.41) is 20.3. The van der Waals surface area contributed by atoms with Crippen molar-refractivity contribution in [2.45, 2.75) is 19.8 Å². The Morgan fingerprint density at radius 3 is 2.57 bits per heavy atom. The molecule has 6 heteroatoms. The maximum Gasteiger partial charge on any atom is 0.304 e. The summed E-state index contributed by atoms with van der Waals surface area (Å²) >= 11 is 0. The summed E-state index contributed by atoms with van der Waals surface area (Å²) < 4.78 is 0. The second-order valence-electron chi connectivity index (χ2n) is 4.53. The van der Waals surface area contributed by atoms with Crippen molar-refractivity contribution in [3.63, 3.8) is 0 Å². The van der Waals surface area contributed by atoms with Crippen molar-refractivity contribution in [2.75, 3.05) is 25.0 Å². The van der Waals surface area contributed by atoms with Gasteiger partial charge in [0, 0.05) is 19.5 Å². The largest absolute Gasteiger partial charge is 0.481 e. The smallest absolute Gasteiger partial charge is 0.304 e. The third-order valence-electron chi connectivity index (χ3n) is 3.07. The first-order valence-electron chi connectivity index (χ1n) is 6.80. The van der Waals surface area contributed by atoms with Crippen LogP contribution in [0, 0.1) is 11.3 Å². The fraction of sp³-hybridized carbons (Fsp3) is 0.400. The molecule has 2 N–H and O–H groups in total. The molecule has 21 heavy (non-hydrogen) atoms. The van der Waals surface area contributed by atoms with Gasteiger partial charge in [0.15, 0.2) is 0 Å². The number of carbonyl (C=O) groups excluding carboxylic acids is 1. The molecule has 1 amide bonds. The van der Waals surface area contributed by atoms with E-state index >= 15 is 0 Å². The Morgan fingerprint density at radius 2 is 1.95 bits per heavy atom. The summed E-state index contributed by atoms with van der Waals surface area (Å²) in [6.45, 7) is 3.53. The second-order valence-corrected chi connectivity index (χ2v) is 4.53. The Hall–Kier alpha value is -2.39. The van der Waals surface area contributed by atoms with E-state index in [1.165, 1.54) is 0 Å². The van der Waals surface area contributed by atoms with E-state index in [-0.39, 0.29) is 18.7 Å². The predicted octanol–water partition coefficient (Wildman–Crippen LogP) is 1.68. The highest BCUT2D eigenvalue weighted by Crippen LogP contribution is 2.13. The zero-order valence-electron chi connectivity index (χ0n) is 12.0. The van der Waals surface area contributed by atoms with Gasteiger partial charge in [0.2, 0.25) is 5.91 Å². The Morgan fingerprint density at radius 1 is 1.29 bits per heavy atom. The Labute approximate surface area is 124 Å². The van der Waals surface area contributed by atoms with Crippen molar-refractivity contribution in [3.05, 3.63) is 29.8 Å². The van der Waals surface area contributed by atoms with Crippen LogP contribution in [-0.4, -0.2) is 41.5 Å². The molecular weight excluding hydrogens is 270 g/mol. The maximum absolute atomic E-state index is 11.9. The van der Waals surface area contributed by atoms with Crippen molar-refractivity contribution in [1.82, 2.24) is 4.90 Å². The summed E-state index contributed by atoms with van der Waals surface area (Å²) in [7, 11) is 0. The van der Waals surface area contributed by atoms with Crippen LogP contribution in [-0.2, 0) is 9.59 Å². The third kappa shape index (κ3) is 6.06. The van der Waals surface area contributed by atoms with Crippen molar-refractivity contribution >= 4 is 17.6 Å². The van der Waals surface area contributed by atoms with E-state index in [4.69, 9.17) is 10.4 Å². The van der Waals surface area contributed by atoms with Gasteiger partial charge >= 0.3 is 5.97 Å². The van der Waals surface area contributed by atoms with Gasteiger partial charge in [0.25, 0.3) is 0 Å². The van der Waals surface area contributed by atoms with E-state index < -0.39 is 5.97 Å². The summed E-state index contributed by atoms with van der Waals surface area (Å²) in [6.07, 6.45) is 0.319. The Kier molecular flexibility index (Phi) is 6.92. The molecule has 0 spiro atoms. The zero-order valence-corrected chi connectivity index (χ0v) is 12.0. The Bertz CT molecular complexity index is 537. The maximum atomic E-state index is 11.9. The number of anilines is 1. The number of hydrogen-bond acceptors (Lipinski definition) is 4. The van der Waals surface area contributed by atoms with Crippen LogP contribution in [0.4, 0.5) is 5.69 Å². The number of carboxylic acids is 1. The first-order chi connectivity index (χ1) is 10.1. The van der Waals surface area contributed by atoms with E-state index in [9.17, 15) is 9.59 Å². The number of amides is 1. The van der Waals surface area contributed by atoms with Crippen molar-refractivity contribution in [3.8, 4) is 6.07 Å². The van der Waals surface area contributed by atoms with Crippen molar-refractivity contribution in [1.29, 1.82) is 5.26 Å². The quantitative estimate of drug-likeness (QED) is 0.759. The van der Waals surface area contributed by atoms with Crippen LogP contribution in [0.5, 0.6) is 0 Å². The number of carboxylic acid groups (broad SMARTS) is 1. The standard InChI is InChI=1S/C15H19N3O3/c1-2-18(10-8-15(20)21)9-7-14(19)17-13-6-4-3-5-12(13)11-16/h3-6H,2,7-10H2,1H3,(H,17,19)(H,20,21). The lowest BCUT2D eigenvalue weighted by Crippen LogP contribution is -2.30. The molecule has 0 saturated carbocycles. The van der Waals surface area contributed by atoms with Crippen LogP contribution < -0.4 is 5.32 Å². The fourth-order valence-electron chi connectivity index (χ4n) is 1.84. The SMILES string of the molecule is CCN(CCC(=O)O)CCC(=O)Nc1ccccc1C#N. The molecule has 0 aromatic heterocycles. The third-order valence-corrected chi connectivity index (χ3v) is 3.07. The topological polar surface area (TPSA) is 93.4 Å². The van der Waals surface area contributed by atoms with Gasteiger partial charge in [0.05, 0.1) is 17.7 Å². The predicted molar refractivity (Wildman–Crippen MR) is 78.8 cm³/mol. The molecule has 0 fully saturated rings. The lowest BCUT2D eigenvalue weighted by Gasteiger charge is -2.19. The van der Waals surface area contributed by atoms with Gasteiger partial charge in [-0.3, -0.25) is 9.59 Å². The van der Waals surface area contributed by atoms with Crippen LogP contribution in [0.3, 0.4) is 0 Å². The molecule has 0 aliphatic heterocycles. The molecule has 1 aromatic rings. The van der Waals surface area contributed by atoms with Gasteiger partial charge in [-0.25, -0.2) is 0 Å². The number of nitriles is 1. The van der Waals surface area contributed by atoms with Crippen LogP contribution in [0.25, 0.3) is 0 Å². The van der Waals surface area contributed by atoms with E-state index in [1.54, 1.807) is 24.3 Å². The average Bonchev–Trinajstić information content (AvgIpc) is 2.47. The highest BCUT2D eigenvalue weighted by molar-refractivity contribution is 5.92. The number of carbonyl (C=O) groups is 2. The van der Waals surface area contributed by atoms with Crippen LogP contribution in [0.2, 0.25) is 0 Å². The molecule has 1 rings (SSSR count). The molecule has 112 valence electrons. The molecule has 0 radical (unpaired) electrons. The van der Waals surface area contributed by atoms with Gasteiger partial charge in [0.1, 0.15) is 6.07 Å². The number of benzene rings is 1. The van der Waals surface area contributed by atoms with E-state index in [0.29, 0.717) is 30.9 Å². The zero-order chi connectivity index (χ0) is 15.7. The second kappa shape index (κ2) is 8.72. The molecule has 0 heterocycles. The molecule has 0 unspecified atom stereocenters. The lowest BCUT2D eigenvalue weighted by molar-refractivity contribution is -0.137. The number of aliphatic carboxylic acids is 1. The minimum Gasteiger partial charge on any atom is -0.481 e. The number of nitrogens with zero attached hydrogens (tertiary/aromatic N) is 2. The summed E-state index contributed by atoms with van der Waals surface area (Å²) in [5.74, 6) is -1.03. The molecular formula is C15H19N3O3. The van der Waals surface area contributed by atoms with Crippen molar-refractivity contribution < 1.29 is 14.7 Å². The molecule has 0 atom stereocenters. The first-order valence-corrected chi connectivity index (χ1v) is 6.80. The number of hydrogen-bond donors (Lipinski definition) is 2. The number of para-hydroxylation sites is 1. The van der Waals surface area contributed by atoms with Crippen LogP contribution >= 0.6 is 0 Å². The van der Waals surface area contributed by atoms with Gasteiger partial charge in [-0.1, -0.05) is 19.1 Å². The lowest BCUT2D eigenvalue weighted by atomic mass is 10.2. The fourth-order valence-corrected chi connectivity index (χ4v) is 1.84. The summed E-state index contributed by atoms with van der Waals surface area (Å²) in [5.41, 5.74) is 0.919. The average molecular weight is 289 g/mol. The first kappa shape index (κ1) is 16.7. The van der Waals surface area contributed by atoms with E-state index in [0.717, 1.165) is 0 Å². The minimum atomic E-state index is -0.846. The highest BCUT2D eigenvalue weighted by atomic mass is 16.4. The van der Waals surface area contributed by atoms with Crippen LogP contribution in [0.1, 0.15) is 25.3 Å². The van der Waals surface area contributed by atoms with Crippen LogP contribution in [0.15, 0.2) is 24.3 Å². The molecule has 0 saturated heterocycles.